The highest BCUT2D eigenvalue weighted by Crippen LogP contribution is 2.29. The first kappa shape index (κ1) is 16.1. The number of nitrogens with zero attached hydrogens (tertiary/aromatic N) is 2. The zero-order valence-electron chi connectivity index (χ0n) is 13.3. The van der Waals surface area contributed by atoms with Gasteiger partial charge in [-0.25, -0.2) is 0 Å². The Balaban J connectivity index is 1.65. The molecule has 5 nitrogen and oxygen atoms in total. The van der Waals surface area contributed by atoms with Crippen molar-refractivity contribution in [2.24, 2.45) is 0 Å². The zero-order valence-corrected chi connectivity index (χ0v) is 14.9. The highest BCUT2D eigenvalue weighted by atomic mass is 79.9. The molecule has 1 unspecified atom stereocenters. The molecule has 6 heteroatoms. The van der Waals surface area contributed by atoms with E-state index in [1.807, 2.05) is 48.5 Å². The van der Waals surface area contributed by atoms with E-state index in [0.29, 0.717) is 17.8 Å². The van der Waals surface area contributed by atoms with Crippen LogP contribution in [0.15, 0.2) is 59.1 Å². The third-order valence-electron chi connectivity index (χ3n) is 4.32. The highest BCUT2D eigenvalue weighted by Gasteiger charge is 2.28. The first-order valence-corrected chi connectivity index (χ1v) is 8.80. The average Bonchev–Trinajstić information content (AvgIpc) is 3.11. The van der Waals surface area contributed by atoms with Gasteiger partial charge in [0.1, 0.15) is 5.69 Å². The molecule has 0 aliphatic carbocycles. The number of hydrogen-bond acceptors (Lipinski definition) is 3. The first-order chi connectivity index (χ1) is 12.1. The molecule has 2 N–H and O–H groups in total. The number of para-hydroxylation sites is 1. The minimum atomic E-state index is -0.562. The van der Waals surface area contributed by atoms with Crippen LogP contribution in [0, 0.1) is 0 Å². The van der Waals surface area contributed by atoms with E-state index >= 15 is 0 Å². The predicted molar refractivity (Wildman–Crippen MR) is 99.6 cm³/mol. The number of nitrogens with one attached hydrogen (secondary N) is 1. The summed E-state index contributed by atoms with van der Waals surface area (Å²) in [6.45, 7) is 0.280. The Morgan fingerprint density at radius 1 is 1.20 bits per heavy atom. The Hall–Kier alpha value is -2.44. The number of anilines is 1. The quantitative estimate of drug-likeness (QED) is 0.695. The van der Waals surface area contributed by atoms with Crippen molar-refractivity contribution in [3.63, 3.8) is 0 Å². The summed E-state index contributed by atoms with van der Waals surface area (Å²) in [5.41, 5.74) is 3.86. The second-order valence-corrected chi connectivity index (χ2v) is 6.99. The molecule has 1 amide bonds. The summed E-state index contributed by atoms with van der Waals surface area (Å²) < 4.78 is 0.988. The van der Waals surface area contributed by atoms with Crippen molar-refractivity contribution in [1.29, 1.82) is 0 Å². The van der Waals surface area contributed by atoms with Crippen molar-refractivity contribution >= 4 is 27.5 Å². The van der Waals surface area contributed by atoms with Gasteiger partial charge in [0, 0.05) is 22.1 Å². The molecular weight excluding hydrogens is 382 g/mol. The van der Waals surface area contributed by atoms with Crippen LogP contribution in [0.25, 0.3) is 11.3 Å². The normalized spacial score (nSPS) is 16.6. The Morgan fingerprint density at radius 3 is 2.76 bits per heavy atom. The third-order valence-corrected chi connectivity index (χ3v) is 4.85. The van der Waals surface area contributed by atoms with Crippen LogP contribution in [0.4, 0.5) is 5.69 Å². The van der Waals surface area contributed by atoms with E-state index in [4.69, 9.17) is 0 Å². The molecule has 0 spiro atoms. The molecular formula is C19H16BrN3O2. The Kier molecular flexibility index (Phi) is 4.15. The van der Waals surface area contributed by atoms with Crippen LogP contribution in [0.2, 0.25) is 0 Å². The van der Waals surface area contributed by atoms with Gasteiger partial charge >= 0.3 is 0 Å². The van der Waals surface area contributed by atoms with E-state index in [1.54, 1.807) is 11.0 Å². The molecule has 126 valence electrons. The number of carbonyl (C=O) groups is 1. The summed E-state index contributed by atoms with van der Waals surface area (Å²) in [6, 6.07) is 17.2. The largest absolute Gasteiger partial charge is 0.391 e. The minimum absolute atomic E-state index is 0.193. The number of hydrogen-bond donors (Lipinski definition) is 2. The number of halogens is 1. The molecule has 1 atom stereocenters. The highest BCUT2D eigenvalue weighted by molar-refractivity contribution is 9.10. The maximum atomic E-state index is 12.9. The second-order valence-electron chi connectivity index (χ2n) is 6.08. The van der Waals surface area contributed by atoms with Gasteiger partial charge in [-0.15, -0.1) is 0 Å². The Bertz CT molecular complexity index is 920. The number of aliphatic hydroxyl groups is 1. The minimum Gasteiger partial charge on any atom is -0.391 e. The number of H-pyrrole nitrogens is 1. The molecule has 3 aromatic rings. The van der Waals surface area contributed by atoms with E-state index in [-0.39, 0.29) is 12.5 Å². The number of fused-ring (bicyclic) bond motifs is 1. The molecule has 0 fully saturated rings. The van der Waals surface area contributed by atoms with Gasteiger partial charge < -0.3 is 10.0 Å². The SMILES string of the molecule is O=C(c1cc(-c2ccc(Br)cc2)n[nH]1)N1CC(O)Cc2ccccc21. The van der Waals surface area contributed by atoms with Crippen molar-refractivity contribution in [3.8, 4) is 11.3 Å². The van der Waals surface area contributed by atoms with Crippen molar-refractivity contribution in [3.05, 3.63) is 70.3 Å². The number of amides is 1. The van der Waals surface area contributed by atoms with Crippen LogP contribution in [0.3, 0.4) is 0 Å². The molecule has 2 heterocycles. The molecule has 0 radical (unpaired) electrons. The second kappa shape index (κ2) is 6.46. The predicted octanol–water partition coefficient (Wildman–Crippen LogP) is 3.40. The summed E-state index contributed by atoms with van der Waals surface area (Å²) >= 11 is 3.41. The molecule has 4 rings (SSSR count). The summed E-state index contributed by atoms with van der Waals surface area (Å²) in [7, 11) is 0. The van der Waals surface area contributed by atoms with Crippen LogP contribution in [0.5, 0.6) is 0 Å². The number of aromatic nitrogens is 2. The van der Waals surface area contributed by atoms with Gasteiger partial charge in [0.25, 0.3) is 5.91 Å². The number of carbonyl (C=O) groups excluding carboxylic acids is 1. The van der Waals surface area contributed by atoms with Gasteiger partial charge in [-0.2, -0.15) is 5.10 Å². The van der Waals surface area contributed by atoms with Crippen LogP contribution < -0.4 is 4.90 Å². The summed E-state index contributed by atoms with van der Waals surface area (Å²) in [6.07, 6.45) is 0.000271. The standard InChI is InChI=1S/C19H16BrN3O2/c20-14-7-5-12(6-8-14)16-10-17(22-21-16)19(25)23-11-15(24)9-13-3-1-2-4-18(13)23/h1-8,10,15,24H,9,11H2,(H,21,22). The van der Waals surface area contributed by atoms with Crippen LogP contribution >= 0.6 is 15.9 Å². The maximum absolute atomic E-state index is 12.9. The fourth-order valence-corrected chi connectivity index (χ4v) is 3.38. The molecule has 1 aliphatic rings. The van der Waals surface area contributed by atoms with Gasteiger partial charge in [-0.3, -0.25) is 9.89 Å². The lowest BCUT2D eigenvalue weighted by atomic mass is 9.99. The number of aromatic amines is 1. The van der Waals surface area contributed by atoms with E-state index in [2.05, 4.69) is 26.1 Å². The fourth-order valence-electron chi connectivity index (χ4n) is 3.11. The fraction of sp³-hybridized carbons (Fsp3) is 0.158. The molecule has 2 aromatic carbocycles. The Labute approximate surface area is 153 Å². The van der Waals surface area contributed by atoms with Crippen LogP contribution in [0.1, 0.15) is 16.1 Å². The van der Waals surface area contributed by atoms with E-state index in [0.717, 1.165) is 21.3 Å². The average molecular weight is 398 g/mol. The number of β-amino-alcohol motifs (C(OH)–C–C–N with tert-alkyl or cyclic N) is 1. The third kappa shape index (κ3) is 3.10. The van der Waals surface area contributed by atoms with Crippen molar-refractivity contribution in [2.45, 2.75) is 12.5 Å². The van der Waals surface area contributed by atoms with Gasteiger partial charge in [0.15, 0.2) is 0 Å². The zero-order chi connectivity index (χ0) is 17.4. The molecule has 0 saturated carbocycles. The van der Waals surface area contributed by atoms with Crippen LogP contribution in [-0.4, -0.2) is 33.9 Å². The first-order valence-electron chi connectivity index (χ1n) is 8.01. The molecule has 1 aliphatic heterocycles. The summed E-state index contributed by atoms with van der Waals surface area (Å²) in [5, 5.41) is 17.2. The topological polar surface area (TPSA) is 69.2 Å². The van der Waals surface area contributed by atoms with Crippen molar-refractivity contribution in [1.82, 2.24) is 10.2 Å². The number of rotatable bonds is 2. The number of aliphatic hydroxyl groups excluding tert-OH is 1. The smallest absolute Gasteiger partial charge is 0.276 e. The monoisotopic (exact) mass is 397 g/mol. The van der Waals surface area contributed by atoms with E-state index in [9.17, 15) is 9.90 Å². The number of benzene rings is 2. The lowest BCUT2D eigenvalue weighted by Gasteiger charge is -2.32. The van der Waals surface area contributed by atoms with Gasteiger partial charge in [0.05, 0.1) is 18.3 Å². The molecule has 0 bridgehead atoms. The van der Waals surface area contributed by atoms with Crippen molar-refractivity contribution in [2.75, 3.05) is 11.4 Å². The van der Waals surface area contributed by atoms with Gasteiger partial charge in [-0.05, 0) is 29.8 Å². The molecule has 1 aromatic heterocycles. The summed E-state index contributed by atoms with van der Waals surface area (Å²) in [5.74, 6) is -0.193. The van der Waals surface area contributed by atoms with Crippen LogP contribution in [-0.2, 0) is 6.42 Å². The lowest BCUT2D eigenvalue weighted by Crippen LogP contribution is -2.42. The van der Waals surface area contributed by atoms with E-state index in [1.165, 1.54) is 0 Å². The van der Waals surface area contributed by atoms with Gasteiger partial charge in [0.2, 0.25) is 0 Å². The molecule has 0 saturated heterocycles. The maximum Gasteiger partial charge on any atom is 0.276 e. The molecule has 25 heavy (non-hydrogen) atoms. The lowest BCUT2D eigenvalue weighted by molar-refractivity contribution is 0.0950. The Morgan fingerprint density at radius 2 is 1.96 bits per heavy atom. The van der Waals surface area contributed by atoms with Crippen molar-refractivity contribution < 1.29 is 9.90 Å². The van der Waals surface area contributed by atoms with Gasteiger partial charge in [-0.1, -0.05) is 46.3 Å². The van der Waals surface area contributed by atoms with E-state index < -0.39 is 6.10 Å². The summed E-state index contributed by atoms with van der Waals surface area (Å²) in [4.78, 5) is 14.6.